The first-order valence-corrected chi connectivity index (χ1v) is 7.83. The van der Waals surface area contributed by atoms with Crippen LogP contribution in [0, 0.1) is 0 Å². The van der Waals surface area contributed by atoms with Gasteiger partial charge in [0.05, 0.1) is 13.0 Å². The number of ether oxygens (including phenoxy) is 1. The number of benzene rings is 1. The van der Waals surface area contributed by atoms with E-state index in [1.54, 1.807) is 0 Å². The van der Waals surface area contributed by atoms with Crippen molar-refractivity contribution in [2.45, 2.75) is 31.7 Å². The van der Waals surface area contributed by atoms with E-state index >= 15 is 0 Å². The number of methoxy groups -OCH3 is 1. The number of esters is 1. The normalized spacial score (nSPS) is 19.7. The van der Waals surface area contributed by atoms with E-state index in [2.05, 4.69) is 17.1 Å². The van der Waals surface area contributed by atoms with E-state index < -0.39 is 0 Å². The molecule has 1 fully saturated rings. The molecule has 2 atom stereocenters. The molecule has 21 heavy (non-hydrogen) atoms. The lowest BCUT2D eigenvalue weighted by atomic mass is 9.98. The summed E-state index contributed by atoms with van der Waals surface area (Å²) in [6.45, 7) is 5.91. The van der Waals surface area contributed by atoms with Crippen LogP contribution in [0.1, 0.15) is 31.2 Å². The number of carbonyl (C=O) groups is 1. The zero-order chi connectivity index (χ0) is 15.1. The summed E-state index contributed by atoms with van der Waals surface area (Å²) in [5.41, 5.74) is 1.03. The second kappa shape index (κ2) is 8.15. The molecule has 0 bridgehead atoms. The summed E-state index contributed by atoms with van der Waals surface area (Å²) in [5.74, 6) is -0.364. The molecule has 1 aliphatic heterocycles. The van der Waals surface area contributed by atoms with Gasteiger partial charge in [-0.05, 0) is 31.5 Å². The Hall–Kier alpha value is -1.39. The molecule has 2 rings (SSSR count). The van der Waals surface area contributed by atoms with Crippen LogP contribution < -0.4 is 5.32 Å². The maximum absolute atomic E-state index is 12.1. The molecule has 1 aromatic rings. The molecular weight excluding hydrogens is 264 g/mol. The van der Waals surface area contributed by atoms with Crippen LogP contribution in [0.15, 0.2) is 30.3 Å². The molecule has 0 saturated carbocycles. The van der Waals surface area contributed by atoms with Gasteiger partial charge in [0.15, 0.2) is 0 Å². The van der Waals surface area contributed by atoms with E-state index in [4.69, 9.17) is 4.74 Å². The molecule has 0 amide bonds. The van der Waals surface area contributed by atoms with Crippen LogP contribution in [0.5, 0.6) is 0 Å². The Labute approximate surface area is 127 Å². The van der Waals surface area contributed by atoms with Gasteiger partial charge in [-0.3, -0.25) is 4.79 Å². The maximum Gasteiger partial charge on any atom is 0.314 e. The lowest BCUT2D eigenvalue weighted by Crippen LogP contribution is -2.40. The van der Waals surface area contributed by atoms with Crippen LogP contribution >= 0.6 is 0 Å². The van der Waals surface area contributed by atoms with Crippen LogP contribution in [0.2, 0.25) is 0 Å². The monoisotopic (exact) mass is 290 g/mol. The van der Waals surface area contributed by atoms with Gasteiger partial charge in [0.2, 0.25) is 0 Å². The molecule has 0 aromatic heterocycles. The summed E-state index contributed by atoms with van der Waals surface area (Å²) in [6, 6.07) is 10.5. The van der Waals surface area contributed by atoms with Crippen molar-refractivity contribution in [1.82, 2.24) is 10.2 Å². The number of hydrogen-bond donors (Lipinski definition) is 1. The standard InChI is InChI=1S/C17H26N2O2/c1-3-19(12-15-10-7-11-18-15)13-16(17(20)21-2)14-8-5-4-6-9-14/h4-6,8-9,15-16,18H,3,7,10-13H2,1-2H3. The van der Waals surface area contributed by atoms with Crippen molar-refractivity contribution in [2.75, 3.05) is 33.3 Å². The van der Waals surface area contributed by atoms with Gasteiger partial charge >= 0.3 is 5.97 Å². The Morgan fingerprint density at radius 1 is 1.43 bits per heavy atom. The number of likely N-dealkylation sites (N-methyl/N-ethyl adjacent to an activating group) is 1. The van der Waals surface area contributed by atoms with E-state index in [9.17, 15) is 4.79 Å². The van der Waals surface area contributed by atoms with Crippen molar-refractivity contribution >= 4 is 5.97 Å². The van der Waals surface area contributed by atoms with Crippen LogP contribution in [-0.2, 0) is 9.53 Å². The quantitative estimate of drug-likeness (QED) is 0.780. The molecule has 1 N–H and O–H groups in total. The number of rotatable bonds is 7. The summed E-state index contributed by atoms with van der Waals surface area (Å²) < 4.78 is 5.00. The summed E-state index contributed by atoms with van der Waals surface area (Å²) in [6.07, 6.45) is 2.48. The molecule has 2 unspecified atom stereocenters. The van der Waals surface area contributed by atoms with Crippen LogP contribution in [-0.4, -0.2) is 50.2 Å². The predicted octanol–water partition coefficient (Wildman–Crippen LogP) is 2.02. The highest BCUT2D eigenvalue weighted by molar-refractivity contribution is 5.78. The van der Waals surface area contributed by atoms with Crippen LogP contribution in [0.25, 0.3) is 0 Å². The van der Waals surface area contributed by atoms with Gasteiger partial charge in [-0.1, -0.05) is 37.3 Å². The third-order valence-corrected chi connectivity index (χ3v) is 4.22. The van der Waals surface area contributed by atoms with E-state index in [1.165, 1.54) is 20.0 Å². The molecule has 1 aliphatic rings. The van der Waals surface area contributed by atoms with Gasteiger partial charge < -0.3 is 15.0 Å². The first-order chi connectivity index (χ1) is 10.2. The molecule has 4 nitrogen and oxygen atoms in total. The molecule has 1 heterocycles. The lowest BCUT2D eigenvalue weighted by Gasteiger charge is -2.27. The predicted molar refractivity (Wildman–Crippen MR) is 84.3 cm³/mol. The zero-order valence-electron chi connectivity index (χ0n) is 13.0. The highest BCUT2D eigenvalue weighted by atomic mass is 16.5. The Kier molecular flexibility index (Phi) is 6.21. The minimum atomic E-state index is -0.211. The average Bonchev–Trinajstić information content (AvgIpc) is 3.04. The average molecular weight is 290 g/mol. The van der Waals surface area contributed by atoms with Crippen molar-refractivity contribution in [3.63, 3.8) is 0 Å². The molecule has 0 radical (unpaired) electrons. The van der Waals surface area contributed by atoms with Crippen LogP contribution in [0.4, 0.5) is 0 Å². The number of nitrogens with one attached hydrogen (secondary N) is 1. The molecule has 116 valence electrons. The first-order valence-electron chi connectivity index (χ1n) is 7.83. The largest absolute Gasteiger partial charge is 0.469 e. The van der Waals surface area contributed by atoms with E-state index in [0.717, 1.165) is 25.2 Å². The summed E-state index contributed by atoms with van der Waals surface area (Å²) >= 11 is 0. The molecule has 1 aromatic carbocycles. The van der Waals surface area contributed by atoms with Crippen molar-refractivity contribution in [2.24, 2.45) is 0 Å². The van der Waals surface area contributed by atoms with E-state index in [1.807, 2.05) is 30.3 Å². The van der Waals surface area contributed by atoms with E-state index in [0.29, 0.717) is 12.6 Å². The summed E-state index contributed by atoms with van der Waals surface area (Å²) in [4.78, 5) is 14.5. The Morgan fingerprint density at radius 2 is 2.19 bits per heavy atom. The van der Waals surface area contributed by atoms with Crippen molar-refractivity contribution < 1.29 is 9.53 Å². The van der Waals surface area contributed by atoms with Gasteiger partial charge in [0, 0.05) is 19.1 Å². The second-order valence-corrected chi connectivity index (χ2v) is 5.63. The lowest BCUT2D eigenvalue weighted by molar-refractivity contribution is -0.143. The smallest absolute Gasteiger partial charge is 0.314 e. The number of hydrogen-bond acceptors (Lipinski definition) is 4. The van der Waals surface area contributed by atoms with Gasteiger partial charge in [0.25, 0.3) is 0 Å². The molecule has 0 spiro atoms. The Morgan fingerprint density at radius 3 is 2.76 bits per heavy atom. The van der Waals surface area contributed by atoms with Crippen molar-refractivity contribution in [3.8, 4) is 0 Å². The Balaban J connectivity index is 2.03. The zero-order valence-corrected chi connectivity index (χ0v) is 13.0. The number of nitrogens with zero attached hydrogens (tertiary/aromatic N) is 1. The second-order valence-electron chi connectivity index (χ2n) is 5.63. The van der Waals surface area contributed by atoms with E-state index in [-0.39, 0.29) is 11.9 Å². The third-order valence-electron chi connectivity index (χ3n) is 4.22. The summed E-state index contributed by atoms with van der Waals surface area (Å²) in [7, 11) is 1.47. The topological polar surface area (TPSA) is 41.6 Å². The minimum Gasteiger partial charge on any atom is -0.469 e. The molecule has 0 aliphatic carbocycles. The fourth-order valence-corrected chi connectivity index (χ4v) is 2.96. The van der Waals surface area contributed by atoms with Gasteiger partial charge in [0.1, 0.15) is 0 Å². The SMILES string of the molecule is CCN(CC1CCCN1)CC(C(=O)OC)c1ccccc1. The highest BCUT2D eigenvalue weighted by Crippen LogP contribution is 2.19. The first kappa shape index (κ1) is 16.0. The van der Waals surface area contributed by atoms with Crippen molar-refractivity contribution in [3.05, 3.63) is 35.9 Å². The summed E-state index contributed by atoms with van der Waals surface area (Å²) in [5, 5.41) is 3.52. The highest BCUT2D eigenvalue weighted by Gasteiger charge is 2.25. The maximum atomic E-state index is 12.1. The Bertz CT molecular complexity index is 430. The molecular formula is C17H26N2O2. The number of carbonyl (C=O) groups excluding carboxylic acids is 1. The minimum absolute atomic E-state index is 0.154. The molecule has 1 saturated heterocycles. The van der Waals surface area contributed by atoms with Gasteiger partial charge in [-0.25, -0.2) is 0 Å². The van der Waals surface area contributed by atoms with Gasteiger partial charge in [-0.2, -0.15) is 0 Å². The van der Waals surface area contributed by atoms with Gasteiger partial charge in [-0.15, -0.1) is 0 Å². The van der Waals surface area contributed by atoms with Crippen LogP contribution in [0.3, 0.4) is 0 Å². The third kappa shape index (κ3) is 4.55. The fraction of sp³-hybridized carbons (Fsp3) is 0.588. The molecule has 4 heteroatoms. The fourth-order valence-electron chi connectivity index (χ4n) is 2.96. The van der Waals surface area contributed by atoms with Crippen molar-refractivity contribution in [1.29, 1.82) is 0 Å².